The van der Waals surface area contributed by atoms with E-state index in [2.05, 4.69) is 0 Å². The third-order valence-corrected chi connectivity index (χ3v) is 8.17. The van der Waals surface area contributed by atoms with Gasteiger partial charge in [-0.2, -0.15) is 0 Å². The highest BCUT2D eigenvalue weighted by molar-refractivity contribution is 6.35. The second kappa shape index (κ2) is 9.83. The number of hydrogen-bond acceptors (Lipinski definition) is 14. The normalized spacial score (nSPS) is 32.6. The summed E-state index contributed by atoms with van der Waals surface area (Å²) in [7, 11) is 2.13. The Morgan fingerprint density at radius 3 is 2.33 bits per heavy atom. The van der Waals surface area contributed by atoms with Crippen LogP contribution in [0.15, 0.2) is 24.0 Å². The average Bonchev–Trinajstić information content (AvgIpc) is 2.94. The van der Waals surface area contributed by atoms with E-state index in [0.717, 1.165) is 20.3 Å². The van der Waals surface area contributed by atoms with E-state index in [4.69, 9.17) is 18.9 Å². The first-order chi connectivity index (χ1) is 19.6. The standard InChI is InChI=1S/C28H28O14/c1-9-18-11(6-14(19(9)26(36)40-4)42-17-7-13(29)21(31)10(2)41-17)5-12-20(22(18)32)25(35)27(37)16(30)8-15(39-3)24(34)28(27,38)23(12)33/h5-6,8,10,13,17,21,24,29,31-32,34,37-38H,7H2,1-4H3/t10-,13+,17-,21-,24+,27+,28+/m0/s1. The predicted molar refractivity (Wildman–Crippen MR) is 138 cm³/mol. The van der Waals surface area contributed by atoms with Crippen LogP contribution in [0, 0.1) is 6.92 Å². The molecule has 42 heavy (non-hydrogen) atoms. The van der Waals surface area contributed by atoms with Crippen molar-refractivity contribution in [1.82, 2.24) is 0 Å². The maximum absolute atomic E-state index is 13.7. The lowest BCUT2D eigenvalue weighted by atomic mass is 9.60. The summed E-state index contributed by atoms with van der Waals surface area (Å²) in [5, 5.41) is 64.7. The Hall–Kier alpha value is -3.92. The summed E-state index contributed by atoms with van der Waals surface area (Å²) in [6, 6.07) is 2.28. The van der Waals surface area contributed by atoms with Crippen molar-refractivity contribution in [3.63, 3.8) is 0 Å². The summed E-state index contributed by atoms with van der Waals surface area (Å²) >= 11 is 0. The molecule has 0 amide bonds. The van der Waals surface area contributed by atoms with Crippen molar-refractivity contribution < 1.29 is 68.8 Å². The molecule has 2 aromatic rings. The molecular formula is C28H28O14. The predicted octanol–water partition coefficient (Wildman–Crippen LogP) is -0.809. The SMILES string of the molecule is COC(=O)c1c(O[C@H]2C[C@@H](O)[C@@H](O)[C@H](C)O2)cc2cc3c(c(O)c2c1C)C(=O)[C@]1(O)C(=O)C=C(OC)[C@@H](O)[C@]1(O)C3=O. The van der Waals surface area contributed by atoms with Gasteiger partial charge >= 0.3 is 5.97 Å². The number of aryl methyl sites for hydroxylation is 1. The Kier molecular flexibility index (Phi) is 6.92. The van der Waals surface area contributed by atoms with Crippen LogP contribution >= 0.6 is 0 Å². The monoisotopic (exact) mass is 588 g/mol. The molecule has 224 valence electrons. The number of aromatic hydroxyl groups is 1. The van der Waals surface area contributed by atoms with Crippen LogP contribution in [0.3, 0.4) is 0 Å². The van der Waals surface area contributed by atoms with Crippen LogP contribution in [0.2, 0.25) is 0 Å². The summed E-state index contributed by atoms with van der Waals surface area (Å²) in [5.74, 6) is -7.05. The number of ketones is 3. The van der Waals surface area contributed by atoms with Gasteiger partial charge < -0.3 is 49.6 Å². The van der Waals surface area contributed by atoms with Crippen molar-refractivity contribution in [3.05, 3.63) is 46.2 Å². The summed E-state index contributed by atoms with van der Waals surface area (Å²) in [5.41, 5.74) is -8.59. The number of Topliss-reactive ketones (excluding diaryl/α,β-unsaturated/α-hetero) is 2. The number of esters is 1. The fraction of sp³-hybridized carbons (Fsp3) is 0.429. The molecule has 0 bridgehead atoms. The fourth-order valence-electron chi connectivity index (χ4n) is 5.85. The first kappa shape index (κ1) is 29.6. The molecule has 1 fully saturated rings. The molecule has 3 aliphatic rings. The number of aliphatic hydroxyl groups is 5. The molecule has 5 rings (SSSR count). The second-order valence-electron chi connectivity index (χ2n) is 10.4. The minimum Gasteiger partial charge on any atom is -0.507 e. The van der Waals surface area contributed by atoms with E-state index in [-0.39, 0.29) is 34.1 Å². The smallest absolute Gasteiger partial charge is 0.341 e. The summed E-state index contributed by atoms with van der Waals surface area (Å²) in [6.45, 7) is 2.88. The first-order valence-electron chi connectivity index (χ1n) is 12.8. The van der Waals surface area contributed by atoms with Gasteiger partial charge in [0.05, 0.1) is 32.0 Å². The third-order valence-electron chi connectivity index (χ3n) is 8.17. The van der Waals surface area contributed by atoms with E-state index in [1.807, 2.05) is 0 Å². The van der Waals surface area contributed by atoms with Crippen LogP contribution in [0.5, 0.6) is 11.5 Å². The number of carbonyl (C=O) groups excluding carboxylic acids is 4. The number of phenols is 1. The number of aliphatic hydroxyl groups excluding tert-OH is 3. The molecule has 14 nitrogen and oxygen atoms in total. The van der Waals surface area contributed by atoms with Crippen LogP contribution in [-0.4, -0.2) is 110 Å². The average molecular weight is 589 g/mol. The van der Waals surface area contributed by atoms with Gasteiger partial charge in [0.25, 0.3) is 0 Å². The lowest BCUT2D eigenvalue weighted by Gasteiger charge is -2.47. The molecule has 0 saturated carbocycles. The summed E-state index contributed by atoms with van der Waals surface area (Å²) in [6.07, 6.45) is -6.32. The highest BCUT2D eigenvalue weighted by atomic mass is 16.7. The number of rotatable bonds is 4. The molecule has 2 aliphatic carbocycles. The van der Waals surface area contributed by atoms with Crippen molar-refractivity contribution in [2.45, 2.75) is 62.2 Å². The maximum Gasteiger partial charge on any atom is 0.341 e. The highest BCUT2D eigenvalue weighted by Gasteiger charge is 2.73. The molecule has 0 radical (unpaired) electrons. The molecule has 0 aromatic heterocycles. The van der Waals surface area contributed by atoms with E-state index in [1.165, 1.54) is 19.9 Å². The van der Waals surface area contributed by atoms with Gasteiger partial charge in [-0.1, -0.05) is 0 Å². The van der Waals surface area contributed by atoms with Crippen LogP contribution in [0.25, 0.3) is 10.8 Å². The molecular weight excluding hydrogens is 560 g/mol. The minimum atomic E-state index is -3.51. The molecule has 1 aliphatic heterocycles. The summed E-state index contributed by atoms with van der Waals surface area (Å²) < 4.78 is 21.2. The summed E-state index contributed by atoms with van der Waals surface area (Å²) in [4.78, 5) is 53.1. The Morgan fingerprint density at radius 2 is 1.74 bits per heavy atom. The quantitative estimate of drug-likeness (QED) is 0.190. The Morgan fingerprint density at radius 1 is 1.07 bits per heavy atom. The Balaban J connectivity index is 1.74. The number of carbonyl (C=O) groups is 4. The van der Waals surface area contributed by atoms with E-state index in [0.29, 0.717) is 6.08 Å². The van der Waals surface area contributed by atoms with Gasteiger partial charge in [0.1, 0.15) is 28.9 Å². The Bertz CT molecular complexity index is 1580. The molecule has 2 aromatic carbocycles. The van der Waals surface area contributed by atoms with Gasteiger partial charge in [0.2, 0.25) is 34.8 Å². The topological polar surface area (TPSA) is 227 Å². The zero-order valence-electron chi connectivity index (χ0n) is 22.8. The molecule has 1 saturated heterocycles. The van der Waals surface area contributed by atoms with Crippen molar-refractivity contribution in [2.24, 2.45) is 0 Å². The lowest BCUT2D eigenvalue weighted by molar-refractivity contribution is -0.216. The molecule has 0 spiro atoms. The van der Waals surface area contributed by atoms with Crippen molar-refractivity contribution in [3.8, 4) is 11.5 Å². The van der Waals surface area contributed by atoms with Crippen LogP contribution in [0.1, 0.15) is 50.0 Å². The maximum atomic E-state index is 13.7. The van der Waals surface area contributed by atoms with Gasteiger partial charge in [-0.05, 0) is 36.9 Å². The van der Waals surface area contributed by atoms with Gasteiger partial charge in [-0.3, -0.25) is 14.4 Å². The third kappa shape index (κ3) is 3.73. The molecule has 7 atom stereocenters. The number of fused-ring (bicyclic) bond motifs is 3. The van der Waals surface area contributed by atoms with E-state index in [1.54, 1.807) is 0 Å². The largest absolute Gasteiger partial charge is 0.507 e. The van der Waals surface area contributed by atoms with Gasteiger partial charge in [0.15, 0.2) is 6.10 Å². The molecule has 6 N–H and O–H groups in total. The van der Waals surface area contributed by atoms with Crippen molar-refractivity contribution >= 4 is 34.1 Å². The zero-order chi connectivity index (χ0) is 31.0. The Labute approximate surface area is 237 Å². The zero-order valence-corrected chi connectivity index (χ0v) is 22.8. The number of ether oxygens (including phenoxy) is 4. The van der Waals surface area contributed by atoms with E-state index >= 15 is 0 Å². The van der Waals surface area contributed by atoms with Crippen LogP contribution < -0.4 is 4.74 Å². The van der Waals surface area contributed by atoms with E-state index < -0.39 is 87.9 Å². The minimum absolute atomic E-state index is 0.00346. The van der Waals surface area contributed by atoms with Gasteiger partial charge in [-0.15, -0.1) is 0 Å². The van der Waals surface area contributed by atoms with Gasteiger partial charge in [0, 0.05) is 23.4 Å². The lowest BCUT2D eigenvalue weighted by Crippen LogP contribution is -2.76. The highest BCUT2D eigenvalue weighted by Crippen LogP contribution is 2.49. The molecule has 14 heteroatoms. The number of hydrogen-bond donors (Lipinski definition) is 6. The van der Waals surface area contributed by atoms with E-state index in [9.17, 15) is 49.8 Å². The second-order valence-corrected chi connectivity index (χ2v) is 10.4. The molecule has 0 unspecified atom stereocenters. The first-order valence-corrected chi connectivity index (χ1v) is 12.8. The van der Waals surface area contributed by atoms with Crippen LogP contribution in [-0.2, 0) is 19.0 Å². The number of benzene rings is 2. The van der Waals surface area contributed by atoms with Crippen LogP contribution in [0.4, 0.5) is 0 Å². The molecule has 1 heterocycles. The number of phenolic OH excluding ortho intramolecular Hbond substituents is 1. The van der Waals surface area contributed by atoms with Gasteiger partial charge in [-0.25, -0.2) is 4.79 Å². The number of methoxy groups -OCH3 is 2. The van der Waals surface area contributed by atoms with Crippen molar-refractivity contribution in [2.75, 3.05) is 14.2 Å². The van der Waals surface area contributed by atoms with Crippen molar-refractivity contribution in [1.29, 1.82) is 0 Å². The fourth-order valence-corrected chi connectivity index (χ4v) is 5.85.